The maximum absolute atomic E-state index is 11.5. The lowest BCUT2D eigenvalue weighted by Crippen LogP contribution is -2.42. The number of carbonyl (C=O) groups is 3. The number of aliphatic carboxylic acids is 2. The predicted molar refractivity (Wildman–Crippen MR) is 72.5 cm³/mol. The van der Waals surface area contributed by atoms with Gasteiger partial charge in [0.15, 0.2) is 0 Å². The van der Waals surface area contributed by atoms with E-state index >= 15 is 0 Å². The van der Waals surface area contributed by atoms with Gasteiger partial charge in [0.2, 0.25) is 5.91 Å². The van der Waals surface area contributed by atoms with Crippen LogP contribution in [-0.2, 0) is 25.7 Å². The van der Waals surface area contributed by atoms with Crippen LogP contribution < -0.4 is 5.32 Å². The van der Waals surface area contributed by atoms with Gasteiger partial charge < -0.3 is 20.3 Å². The third-order valence-electron chi connectivity index (χ3n) is 2.62. The molecule has 0 aliphatic heterocycles. The molecule has 1 atom stereocenters. The van der Waals surface area contributed by atoms with Gasteiger partial charge in [-0.15, -0.1) is 0 Å². The molecule has 3 N–H and O–H groups in total. The normalized spacial score (nSPS) is 11.6. The van der Waals surface area contributed by atoms with Crippen LogP contribution in [-0.4, -0.2) is 40.7 Å². The molecule has 0 heterocycles. The summed E-state index contributed by atoms with van der Waals surface area (Å²) in [6, 6.07) is 7.98. The van der Waals surface area contributed by atoms with Crippen LogP contribution in [0.5, 0.6) is 0 Å². The molecule has 0 bridgehead atoms. The van der Waals surface area contributed by atoms with Crippen molar-refractivity contribution in [1.29, 1.82) is 0 Å². The van der Waals surface area contributed by atoms with Crippen LogP contribution in [0.2, 0.25) is 0 Å². The zero-order valence-corrected chi connectivity index (χ0v) is 11.3. The lowest BCUT2D eigenvalue weighted by atomic mass is 10.1. The Morgan fingerprint density at radius 1 is 1.14 bits per heavy atom. The number of carboxylic acid groups (broad SMARTS) is 2. The molecule has 0 fully saturated rings. The van der Waals surface area contributed by atoms with Crippen LogP contribution in [0.4, 0.5) is 0 Å². The van der Waals surface area contributed by atoms with Crippen molar-refractivity contribution < 1.29 is 29.3 Å². The van der Waals surface area contributed by atoms with Gasteiger partial charge in [0.25, 0.3) is 0 Å². The maximum atomic E-state index is 11.5. The van der Waals surface area contributed by atoms with Gasteiger partial charge >= 0.3 is 11.9 Å². The summed E-state index contributed by atoms with van der Waals surface area (Å²) < 4.78 is 5.17. The van der Waals surface area contributed by atoms with E-state index in [4.69, 9.17) is 14.9 Å². The summed E-state index contributed by atoms with van der Waals surface area (Å²) in [7, 11) is 0. The zero-order chi connectivity index (χ0) is 15.7. The summed E-state index contributed by atoms with van der Waals surface area (Å²) in [6.07, 6.45) is -0.503. The largest absolute Gasteiger partial charge is 0.481 e. The summed E-state index contributed by atoms with van der Waals surface area (Å²) in [4.78, 5) is 32.9. The zero-order valence-electron chi connectivity index (χ0n) is 11.3. The van der Waals surface area contributed by atoms with Gasteiger partial charge in [-0.3, -0.25) is 9.59 Å². The fourth-order valence-corrected chi connectivity index (χ4v) is 1.60. The lowest BCUT2D eigenvalue weighted by molar-refractivity contribution is -0.143. The Kier molecular flexibility index (Phi) is 6.90. The van der Waals surface area contributed by atoms with E-state index in [-0.39, 0.29) is 26.1 Å². The Morgan fingerprint density at radius 3 is 2.38 bits per heavy atom. The Balaban J connectivity index is 2.33. The molecule has 0 aliphatic rings. The molecule has 0 aliphatic carbocycles. The van der Waals surface area contributed by atoms with E-state index in [0.717, 1.165) is 5.56 Å². The van der Waals surface area contributed by atoms with E-state index < -0.39 is 23.9 Å². The minimum atomic E-state index is -1.27. The average Bonchev–Trinajstić information content (AvgIpc) is 2.44. The van der Waals surface area contributed by atoms with Gasteiger partial charge in [-0.05, 0) is 12.0 Å². The quantitative estimate of drug-likeness (QED) is 0.616. The first-order valence-electron chi connectivity index (χ1n) is 6.34. The van der Waals surface area contributed by atoms with Crippen molar-refractivity contribution in [3.8, 4) is 0 Å². The van der Waals surface area contributed by atoms with E-state index in [1.54, 1.807) is 0 Å². The fraction of sp³-hybridized carbons (Fsp3) is 0.357. The van der Waals surface area contributed by atoms with Crippen molar-refractivity contribution in [1.82, 2.24) is 5.32 Å². The summed E-state index contributed by atoms with van der Waals surface area (Å²) in [5.74, 6) is -2.98. The Bertz CT molecular complexity index is 487. The predicted octanol–water partition coefficient (Wildman–Crippen LogP) is 0.637. The van der Waals surface area contributed by atoms with E-state index in [0.29, 0.717) is 0 Å². The van der Waals surface area contributed by atoms with Gasteiger partial charge in [-0.1, -0.05) is 30.3 Å². The van der Waals surface area contributed by atoms with Gasteiger partial charge in [0, 0.05) is 6.42 Å². The number of ether oxygens (including phenoxy) is 1. The molecular formula is C14H17NO6. The summed E-state index contributed by atoms with van der Waals surface area (Å²) >= 11 is 0. The minimum Gasteiger partial charge on any atom is -0.481 e. The number of carboxylic acids is 2. The second-order valence-electron chi connectivity index (χ2n) is 4.37. The molecule has 1 aromatic carbocycles. The number of nitrogens with one attached hydrogen (secondary N) is 1. The standard InChI is InChI=1S/C14H17NO6/c16-12(9-21-8-10-4-2-1-3-5-10)15-11(14(19)20)6-7-13(17)18/h1-5,11H,6-9H2,(H,15,16)(H,17,18)(H,19,20). The Morgan fingerprint density at radius 2 is 1.81 bits per heavy atom. The van der Waals surface area contributed by atoms with Crippen LogP contribution >= 0.6 is 0 Å². The van der Waals surface area contributed by atoms with Gasteiger partial charge in [-0.2, -0.15) is 0 Å². The molecule has 0 radical (unpaired) electrons. The second kappa shape index (κ2) is 8.70. The van der Waals surface area contributed by atoms with E-state index in [2.05, 4.69) is 5.32 Å². The van der Waals surface area contributed by atoms with Crippen molar-refractivity contribution in [3.63, 3.8) is 0 Å². The molecule has 0 spiro atoms. The summed E-state index contributed by atoms with van der Waals surface area (Å²) in [5.41, 5.74) is 0.894. The third-order valence-corrected chi connectivity index (χ3v) is 2.62. The first kappa shape index (κ1) is 16.6. The molecule has 1 unspecified atom stereocenters. The van der Waals surface area contributed by atoms with Crippen LogP contribution in [0.15, 0.2) is 30.3 Å². The van der Waals surface area contributed by atoms with E-state index in [9.17, 15) is 14.4 Å². The Labute approximate surface area is 121 Å². The molecule has 1 aromatic rings. The number of rotatable bonds is 9. The fourth-order valence-electron chi connectivity index (χ4n) is 1.60. The van der Waals surface area contributed by atoms with E-state index in [1.807, 2.05) is 30.3 Å². The highest BCUT2D eigenvalue weighted by Crippen LogP contribution is 2.01. The smallest absolute Gasteiger partial charge is 0.326 e. The molecule has 7 heteroatoms. The van der Waals surface area contributed by atoms with Crippen LogP contribution in [0.3, 0.4) is 0 Å². The first-order chi connectivity index (χ1) is 9.99. The van der Waals surface area contributed by atoms with Crippen molar-refractivity contribution in [2.24, 2.45) is 0 Å². The first-order valence-corrected chi connectivity index (χ1v) is 6.34. The maximum Gasteiger partial charge on any atom is 0.326 e. The van der Waals surface area contributed by atoms with E-state index in [1.165, 1.54) is 0 Å². The number of amides is 1. The number of benzene rings is 1. The van der Waals surface area contributed by atoms with Crippen molar-refractivity contribution in [3.05, 3.63) is 35.9 Å². The average molecular weight is 295 g/mol. The molecule has 0 saturated heterocycles. The summed E-state index contributed by atoms with van der Waals surface area (Å²) in [5, 5.41) is 19.6. The highest BCUT2D eigenvalue weighted by molar-refractivity contribution is 5.84. The van der Waals surface area contributed by atoms with Crippen molar-refractivity contribution in [2.45, 2.75) is 25.5 Å². The lowest BCUT2D eigenvalue weighted by Gasteiger charge is -2.13. The topological polar surface area (TPSA) is 113 Å². The van der Waals surface area contributed by atoms with Crippen molar-refractivity contribution >= 4 is 17.8 Å². The highest BCUT2D eigenvalue weighted by atomic mass is 16.5. The summed E-state index contributed by atoms with van der Waals surface area (Å²) in [6.45, 7) is -0.0487. The number of carbonyl (C=O) groups excluding carboxylic acids is 1. The van der Waals surface area contributed by atoms with Gasteiger partial charge in [0.05, 0.1) is 6.61 Å². The van der Waals surface area contributed by atoms with Crippen LogP contribution in [0.25, 0.3) is 0 Å². The molecule has 21 heavy (non-hydrogen) atoms. The third kappa shape index (κ3) is 7.07. The van der Waals surface area contributed by atoms with Crippen LogP contribution in [0, 0.1) is 0 Å². The molecule has 0 saturated carbocycles. The molecular weight excluding hydrogens is 278 g/mol. The molecule has 0 aromatic heterocycles. The molecule has 7 nitrogen and oxygen atoms in total. The van der Waals surface area contributed by atoms with Gasteiger partial charge in [-0.25, -0.2) is 4.79 Å². The minimum absolute atomic E-state index is 0.172. The van der Waals surface area contributed by atoms with Gasteiger partial charge in [0.1, 0.15) is 12.6 Å². The molecule has 1 amide bonds. The SMILES string of the molecule is O=C(O)CCC(NC(=O)COCc1ccccc1)C(=O)O. The number of hydrogen-bond acceptors (Lipinski definition) is 4. The van der Waals surface area contributed by atoms with Crippen LogP contribution in [0.1, 0.15) is 18.4 Å². The Hall–Kier alpha value is -2.41. The van der Waals surface area contributed by atoms with Crippen molar-refractivity contribution in [2.75, 3.05) is 6.61 Å². The second-order valence-corrected chi connectivity index (χ2v) is 4.37. The molecule has 1 rings (SSSR count). The monoisotopic (exact) mass is 295 g/mol. The number of hydrogen-bond donors (Lipinski definition) is 3. The molecule has 114 valence electrons. The highest BCUT2D eigenvalue weighted by Gasteiger charge is 2.20.